The summed E-state index contributed by atoms with van der Waals surface area (Å²) in [4.78, 5) is 13.5. The summed E-state index contributed by atoms with van der Waals surface area (Å²) >= 11 is 0. The standard InChI is InChI=1S/C15H21F2N3O2/c16-13-4-1-5-14(17)12(13)10-20-7-2-3-11(9-20)19-15(22)18-6-8-21/h1,4-5,11,21H,2-3,6-10H2,(H2,18,19,22). The third-order valence-corrected chi connectivity index (χ3v) is 3.68. The first-order valence-electron chi connectivity index (χ1n) is 7.40. The fourth-order valence-corrected chi connectivity index (χ4v) is 2.63. The topological polar surface area (TPSA) is 64.6 Å². The van der Waals surface area contributed by atoms with E-state index in [2.05, 4.69) is 10.6 Å². The van der Waals surface area contributed by atoms with E-state index in [0.29, 0.717) is 6.54 Å². The van der Waals surface area contributed by atoms with Crippen LogP contribution < -0.4 is 10.6 Å². The minimum absolute atomic E-state index is 0.0629. The van der Waals surface area contributed by atoms with Gasteiger partial charge in [-0.25, -0.2) is 13.6 Å². The van der Waals surface area contributed by atoms with Crippen molar-refractivity contribution in [3.63, 3.8) is 0 Å². The highest BCUT2D eigenvalue weighted by atomic mass is 19.1. The van der Waals surface area contributed by atoms with Gasteiger partial charge in [-0.2, -0.15) is 0 Å². The average Bonchev–Trinajstić information content (AvgIpc) is 2.49. The third kappa shape index (κ3) is 4.64. The van der Waals surface area contributed by atoms with Crippen LogP contribution in [0.15, 0.2) is 18.2 Å². The number of nitrogens with one attached hydrogen (secondary N) is 2. The van der Waals surface area contributed by atoms with Gasteiger partial charge in [-0.05, 0) is 31.5 Å². The van der Waals surface area contributed by atoms with Crippen molar-refractivity contribution in [3.8, 4) is 0 Å². The van der Waals surface area contributed by atoms with E-state index in [9.17, 15) is 13.6 Å². The van der Waals surface area contributed by atoms with Gasteiger partial charge in [0.05, 0.1) is 6.61 Å². The molecule has 0 radical (unpaired) electrons. The van der Waals surface area contributed by atoms with Crippen LogP contribution in [0.1, 0.15) is 18.4 Å². The molecular formula is C15H21F2N3O2. The number of rotatable bonds is 5. The summed E-state index contributed by atoms with van der Waals surface area (Å²) in [6, 6.07) is 3.45. The molecule has 1 aromatic rings. The number of benzene rings is 1. The monoisotopic (exact) mass is 313 g/mol. The van der Waals surface area contributed by atoms with Gasteiger partial charge in [0.2, 0.25) is 0 Å². The van der Waals surface area contributed by atoms with Crippen LogP contribution in [0.2, 0.25) is 0 Å². The molecule has 122 valence electrons. The smallest absolute Gasteiger partial charge is 0.315 e. The molecule has 0 aliphatic carbocycles. The molecule has 1 fully saturated rings. The van der Waals surface area contributed by atoms with Gasteiger partial charge in [-0.1, -0.05) is 6.07 Å². The number of likely N-dealkylation sites (tertiary alicyclic amines) is 1. The van der Waals surface area contributed by atoms with Gasteiger partial charge in [-0.3, -0.25) is 4.90 Å². The lowest BCUT2D eigenvalue weighted by atomic mass is 10.0. The minimum atomic E-state index is -0.546. The van der Waals surface area contributed by atoms with Gasteiger partial charge in [0, 0.05) is 31.2 Å². The van der Waals surface area contributed by atoms with Crippen molar-refractivity contribution in [2.75, 3.05) is 26.2 Å². The fraction of sp³-hybridized carbons (Fsp3) is 0.533. The van der Waals surface area contributed by atoms with Gasteiger partial charge < -0.3 is 15.7 Å². The molecule has 2 amide bonds. The summed E-state index contributed by atoms with van der Waals surface area (Å²) in [5.74, 6) is -1.09. The lowest BCUT2D eigenvalue weighted by Gasteiger charge is -2.33. The number of urea groups is 1. The van der Waals surface area contributed by atoms with E-state index in [4.69, 9.17) is 5.11 Å². The zero-order chi connectivity index (χ0) is 15.9. The van der Waals surface area contributed by atoms with Crippen molar-refractivity contribution >= 4 is 6.03 Å². The number of hydrogen-bond donors (Lipinski definition) is 3. The maximum absolute atomic E-state index is 13.7. The maximum Gasteiger partial charge on any atom is 0.315 e. The highest BCUT2D eigenvalue weighted by molar-refractivity contribution is 5.74. The van der Waals surface area contributed by atoms with Crippen LogP contribution in [0.4, 0.5) is 13.6 Å². The van der Waals surface area contributed by atoms with Crippen LogP contribution in [-0.2, 0) is 6.54 Å². The number of piperidine rings is 1. The van der Waals surface area contributed by atoms with E-state index in [0.717, 1.165) is 19.4 Å². The molecule has 1 aromatic carbocycles. The maximum atomic E-state index is 13.7. The summed E-state index contributed by atoms with van der Waals surface area (Å²) in [5.41, 5.74) is 0.0629. The lowest BCUT2D eigenvalue weighted by Crippen LogP contribution is -2.50. The van der Waals surface area contributed by atoms with E-state index in [1.54, 1.807) is 0 Å². The minimum Gasteiger partial charge on any atom is -0.395 e. The lowest BCUT2D eigenvalue weighted by molar-refractivity contribution is 0.176. The van der Waals surface area contributed by atoms with Gasteiger partial charge >= 0.3 is 6.03 Å². The van der Waals surface area contributed by atoms with Crippen molar-refractivity contribution in [1.29, 1.82) is 0 Å². The Morgan fingerprint density at radius 1 is 1.36 bits per heavy atom. The third-order valence-electron chi connectivity index (χ3n) is 3.68. The number of carbonyl (C=O) groups is 1. The Morgan fingerprint density at radius 3 is 2.77 bits per heavy atom. The van der Waals surface area contributed by atoms with Gasteiger partial charge in [-0.15, -0.1) is 0 Å². The molecule has 1 aliphatic rings. The molecule has 2 rings (SSSR count). The summed E-state index contributed by atoms with van der Waals surface area (Å²) in [7, 11) is 0. The van der Waals surface area contributed by atoms with Crippen molar-refractivity contribution in [1.82, 2.24) is 15.5 Å². The quantitative estimate of drug-likeness (QED) is 0.766. The molecule has 1 unspecified atom stereocenters. The molecular weight excluding hydrogens is 292 g/mol. The zero-order valence-electron chi connectivity index (χ0n) is 12.3. The van der Waals surface area contributed by atoms with Crippen LogP contribution >= 0.6 is 0 Å². The molecule has 0 aromatic heterocycles. The van der Waals surface area contributed by atoms with E-state index in [1.165, 1.54) is 18.2 Å². The van der Waals surface area contributed by atoms with Crippen LogP contribution in [0, 0.1) is 11.6 Å². The number of halogens is 2. The number of hydrogen-bond acceptors (Lipinski definition) is 3. The molecule has 0 bridgehead atoms. The Labute approximate surface area is 128 Å². The Hall–Kier alpha value is -1.73. The summed E-state index contributed by atoms with van der Waals surface area (Å²) in [6.45, 7) is 1.55. The average molecular weight is 313 g/mol. The number of carbonyl (C=O) groups excluding carboxylic acids is 1. The highest BCUT2D eigenvalue weighted by Gasteiger charge is 2.23. The first kappa shape index (κ1) is 16.6. The van der Waals surface area contributed by atoms with Crippen molar-refractivity contribution in [2.24, 2.45) is 0 Å². The van der Waals surface area contributed by atoms with Crippen molar-refractivity contribution in [2.45, 2.75) is 25.4 Å². The van der Waals surface area contributed by atoms with E-state index in [1.807, 2.05) is 4.90 Å². The first-order valence-corrected chi connectivity index (χ1v) is 7.40. The molecule has 1 atom stereocenters. The SMILES string of the molecule is O=C(NCCO)NC1CCCN(Cc2c(F)cccc2F)C1. The normalized spacial score (nSPS) is 19.0. The number of aliphatic hydroxyl groups is 1. The highest BCUT2D eigenvalue weighted by Crippen LogP contribution is 2.18. The molecule has 0 saturated carbocycles. The fourth-order valence-electron chi connectivity index (χ4n) is 2.63. The largest absolute Gasteiger partial charge is 0.395 e. The van der Waals surface area contributed by atoms with Crippen LogP contribution in [0.3, 0.4) is 0 Å². The van der Waals surface area contributed by atoms with Gasteiger partial charge in [0.15, 0.2) is 0 Å². The van der Waals surface area contributed by atoms with Crippen molar-refractivity contribution in [3.05, 3.63) is 35.4 Å². The second-order valence-electron chi connectivity index (χ2n) is 5.40. The van der Waals surface area contributed by atoms with Crippen LogP contribution in [0.25, 0.3) is 0 Å². The van der Waals surface area contributed by atoms with Gasteiger partial charge in [0.25, 0.3) is 0 Å². The second-order valence-corrected chi connectivity index (χ2v) is 5.40. The Balaban J connectivity index is 1.89. The second kappa shape index (κ2) is 8.05. The number of aliphatic hydroxyl groups excluding tert-OH is 1. The Kier molecular flexibility index (Phi) is 6.09. The number of nitrogens with zero attached hydrogens (tertiary/aromatic N) is 1. The molecule has 0 spiro atoms. The summed E-state index contributed by atoms with van der Waals surface area (Å²) < 4.78 is 27.4. The predicted octanol–water partition coefficient (Wildman–Crippen LogP) is 1.22. The van der Waals surface area contributed by atoms with E-state index < -0.39 is 11.6 Å². The van der Waals surface area contributed by atoms with Gasteiger partial charge in [0.1, 0.15) is 11.6 Å². The zero-order valence-corrected chi connectivity index (χ0v) is 12.3. The van der Waals surface area contributed by atoms with Crippen LogP contribution in [-0.4, -0.2) is 48.3 Å². The molecule has 5 nitrogen and oxygen atoms in total. The molecule has 7 heteroatoms. The van der Waals surface area contributed by atoms with E-state index in [-0.39, 0.29) is 37.3 Å². The summed E-state index contributed by atoms with van der Waals surface area (Å²) in [6.07, 6.45) is 1.67. The predicted molar refractivity (Wildman–Crippen MR) is 78.3 cm³/mol. The molecule has 1 saturated heterocycles. The molecule has 1 aliphatic heterocycles. The number of amides is 2. The molecule has 3 N–H and O–H groups in total. The van der Waals surface area contributed by atoms with Crippen LogP contribution in [0.5, 0.6) is 0 Å². The molecule has 22 heavy (non-hydrogen) atoms. The Bertz CT molecular complexity index is 493. The molecule has 1 heterocycles. The first-order chi connectivity index (χ1) is 10.6. The summed E-state index contributed by atoms with van der Waals surface area (Å²) in [5, 5.41) is 14.0. The Morgan fingerprint density at radius 2 is 2.09 bits per heavy atom. The van der Waals surface area contributed by atoms with Crippen molar-refractivity contribution < 1.29 is 18.7 Å². The van der Waals surface area contributed by atoms with E-state index >= 15 is 0 Å².